The molecule has 0 atom stereocenters. The quantitative estimate of drug-likeness (QED) is 0.855. The van der Waals surface area contributed by atoms with Crippen molar-refractivity contribution in [2.45, 2.75) is 13.0 Å². The van der Waals surface area contributed by atoms with E-state index in [1.165, 1.54) is 11.3 Å². The summed E-state index contributed by atoms with van der Waals surface area (Å²) in [5, 5.41) is 3.48. The van der Waals surface area contributed by atoms with Crippen molar-refractivity contribution >= 4 is 5.69 Å². The van der Waals surface area contributed by atoms with Gasteiger partial charge in [-0.3, -0.25) is 4.98 Å². The van der Waals surface area contributed by atoms with Crippen LogP contribution in [-0.4, -0.2) is 31.2 Å². The molecule has 1 aromatic heterocycles. The number of fused-ring (bicyclic) bond motifs is 1. The second-order valence-corrected chi connectivity index (χ2v) is 5.19. The van der Waals surface area contributed by atoms with Crippen LogP contribution in [0.15, 0.2) is 48.8 Å². The molecule has 21 heavy (non-hydrogen) atoms. The third-order valence-electron chi connectivity index (χ3n) is 3.65. The molecule has 0 amide bonds. The van der Waals surface area contributed by atoms with E-state index in [-0.39, 0.29) is 0 Å². The van der Waals surface area contributed by atoms with Gasteiger partial charge in [-0.1, -0.05) is 18.2 Å². The van der Waals surface area contributed by atoms with Gasteiger partial charge in [0.15, 0.2) is 0 Å². The van der Waals surface area contributed by atoms with Crippen LogP contribution >= 0.6 is 0 Å². The van der Waals surface area contributed by atoms with Crippen molar-refractivity contribution in [3.05, 3.63) is 54.4 Å². The first-order chi connectivity index (χ1) is 10.4. The second kappa shape index (κ2) is 7.09. The SMILES string of the molecule is c1cncc(CNCCN2CCCOc3ccccc32)c1. The predicted molar refractivity (Wildman–Crippen MR) is 84.7 cm³/mol. The Morgan fingerprint density at radius 1 is 1.19 bits per heavy atom. The summed E-state index contributed by atoms with van der Waals surface area (Å²) in [7, 11) is 0. The Hall–Kier alpha value is -2.07. The number of benzene rings is 1. The summed E-state index contributed by atoms with van der Waals surface area (Å²) in [4.78, 5) is 6.53. The van der Waals surface area contributed by atoms with Crippen LogP contribution in [-0.2, 0) is 6.54 Å². The van der Waals surface area contributed by atoms with Crippen molar-refractivity contribution in [1.82, 2.24) is 10.3 Å². The van der Waals surface area contributed by atoms with Gasteiger partial charge in [0, 0.05) is 38.6 Å². The van der Waals surface area contributed by atoms with E-state index in [9.17, 15) is 0 Å². The van der Waals surface area contributed by atoms with Crippen LogP contribution in [0.25, 0.3) is 0 Å². The molecule has 1 aliphatic rings. The number of anilines is 1. The molecule has 4 nitrogen and oxygen atoms in total. The van der Waals surface area contributed by atoms with E-state index >= 15 is 0 Å². The van der Waals surface area contributed by atoms with E-state index in [2.05, 4.69) is 39.5 Å². The maximum absolute atomic E-state index is 5.78. The highest BCUT2D eigenvalue weighted by molar-refractivity contribution is 5.58. The van der Waals surface area contributed by atoms with Crippen molar-refractivity contribution in [2.24, 2.45) is 0 Å². The maximum atomic E-state index is 5.78. The average Bonchev–Trinajstić information content (AvgIpc) is 2.75. The summed E-state index contributed by atoms with van der Waals surface area (Å²) in [6.07, 6.45) is 4.77. The summed E-state index contributed by atoms with van der Waals surface area (Å²) >= 11 is 0. The van der Waals surface area contributed by atoms with Gasteiger partial charge in [0.25, 0.3) is 0 Å². The maximum Gasteiger partial charge on any atom is 0.142 e. The number of pyridine rings is 1. The molecule has 2 heterocycles. The third-order valence-corrected chi connectivity index (χ3v) is 3.65. The van der Waals surface area contributed by atoms with Crippen molar-refractivity contribution in [3.63, 3.8) is 0 Å². The summed E-state index contributed by atoms with van der Waals surface area (Å²) < 4.78 is 5.78. The molecule has 1 aromatic carbocycles. The molecule has 3 rings (SSSR count). The summed E-state index contributed by atoms with van der Waals surface area (Å²) in [6.45, 7) is 4.64. The van der Waals surface area contributed by atoms with Gasteiger partial charge < -0.3 is 15.0 Å². The minimum Gasteiger partial charge on any atom is -0.491 e. The first kappa shape index (κ1) is 13.9. The first-order valence-corrected chi connectivity index (χ1v) is 7.50. The van der Waals surface area contributed by atoms with Gasteiger partial charge in [0.2, 0.25) is 0 Å². The number of hydrogen-bond acceptors (Lipinski definition) is 4. The standard InChI is InChI=1S/C17H21N3O/c1-2-7-17-16(6-1)20(10-4-12-21-17)11-9-19-14-15-5-3-8-18-13-15/h1-3,5-8,13,19H,4,9-12,14H2. The monoisotopic (exact) mass is 283 g/mol. The van der Waals surface area contributed by atoms with E-state index in [4.69, 9.17) is 4.74 Å². The van der Waals surface area contributed by atoms with Gasteiger partial charge in [-0.25, -0.2) is 0 Å². The molecular formula is C17H21N3O. The van der Waals surface area contributed by atoms with E-state index in [1.54, 1.807) is 6.20 Å². The van der Waals surface area contributed by atoms with Crippen LogP contribution in [0.1, 0.15) is 12.0 Å². The third kappa shape index (κ3) is 3.73. The lowest BCUT2D eigenvalue weighted by molar-refractivity contribution is 0.322. The fourth-order valence-electron chi connectivity index (χ4n) is 2.58. The smallest absolute Gasteiger partial charge is 0.142 e. The van der Waals surface area contributed by atoms with Crippen molar-refractivity contribution in [1.29, 1.82) is 0 Å². The molecule has 110 valence electrons. The fourth-order valence-corrected chi connectivity index (χ4v) is 2.58. The zero-order chi connectivity index (χ0) is 14.3. The lowest BCUT2D eigenvalue weighted by atomic mass is 10.2. The molecule has 0 unspecified atom stereocenters. The molecule has 0 radical (unpaired) electrons. The first-order valence-electron chi connectivity index (χ1n) is 7.50. The zero-order valence-corrected chi connectivity index (χ0v) is 12.2. The summed E-state index contributed by atoms with van der Waals surface area (Å²) in [5.74, 6) is 1.00. The summed E-state index contributed by atoms with van der Waals surface area (Å²) in [6, 6.07) is 12.4. The molecule has 0 aliphatic carbocycles. The minimum atomic E-state index is 0.802. The van der Waals surface area contributed by atoms with Gasteiger partial charge >= 0.3 is 0 Å². The van der Waals surface area contributed by atoms with Crippen LogP contribution < -0.4 is 15.0 Å². The highest BCUT2D eigenvalue weighted by Crippen LogP contribution is 2.29. The molecule has 1 N–H and O–H groups in total. The summed E-state index contributed by atoms with van der Waals surface area (Å²) in [5.41, 5.74) is 2.43. The molecule has 0 saturated carbocycles. The lowest BCUT2D eigenvalue weighted by Gasteiger charge is -2.23. The highest BCUT2D eigenvalue weighted by atomic mass is 16.5. The lowest BCUT2D eigenvalue weighted by Crippen LogP contribution is -2.32. The molecule has 0 bridgehead atoms. The number of para-hydroxylation sites is 2. The molecule has 1 aliphatic heterocycles. The number of nitrogens with one attached hydrogen (secondary N) is 1. The van der Waals surface area contributed by atoms with E-state index in [0.29, 0.717) is 0 Å². The van der Waals surface area contributed by atoms with Gasteiger partial charge in [0.05, 0.1) is 12.3 Å². The molecular weight excluding hydrogens is 262 g/mol. The average molecular weight is 283 g/mol. The Kier molecular flexibility index (Phi) is 4.69. The number of nitrogens with zero attached hydrogens (tertiary/aromatic N) is 2. The van der Waals surface area contributed by atoms with Crippen LogP contribution in [0, 0.1) is 0 Å². The van der Waals surface area contributed by atoms with Crippen molar-refractivity contribution in [2.75, 3.05) is 31.1 Å². The Balaban J connectivity index is 1.53. The fraction of sp³-hybridized carbons (Fsp3) is 0.353. The highest BCUT2D eigenvalue weighted by Gasteiger charge is 2.14. The van der Waals surface area contributed by atoms with E-state index in [0.717, 1.165) is 45.0 Å². The van der Waals surface area contributed by atoms with Crippen LogP contribution in [0.4, 0.5) is 5.69 Å². The van der Waals surface area contributed by atoms with Crippen molar-refractivity contribution in [3.8, 4) is 5.75 Å². The largest absolute Gasteiger partial charge is 0.491 e. The Labute approximate surface area is 125 Å². The molecule has 0 spiro atoms. The van der Waals surface area contributed by atoms with Gasteiger partial charge in [-0.05, 0) is 30.2 Å². The number of hydrogen-bond donors (Lipinski definition) is 1. The predicted octanol–water partition coefficient (Wildman–Crippen LogP) is 2.46. The van der Waals surface area contributed by atoms with E-state index in [1.807, 2.05) is 18.3 Å². The minimum absolute atomic E-state index is 0.802. The number of rotatable bonds is 5. The molecule has 4 heteroatoms. The molecule has 0 fully saturated rings. The van der Waals surface area contributed by atoms with Gasteiger partial charge in [-0.2, -0.15) is 0 Å². The van der Waals surface area contributed by atoms with E-state index < -0.39 is 0 Å². The topological polar surface area (TPSA) is 37.4 Å². The van der Waals surface area contributed by atoms with Crippen LogP contribution in [0.5, 0.6) is 5.75 Å². The van der Waals surface area contributed by atoms with Gasteiger partial charge in [-0.15, -0.1) is 0 Å². The van der Waals surface area contributed by atoms with Gasteiger partial charge in [0.1, 0.15) is 5.75 Å². The molecule has 2 aromatic rings. The number of aromatic nitrogens is 1. The zero-order valence-electron chi connectivity index (χ0n) is 12.2. The Morgan fingerprint density at radius 3 is 3.05 bits per heavy atom. The Morgan fingerprint density at radius 2 is 2.14 bits per heavy atom. The van der Waals surface area contributed by atoms with Crippen molar-refractivity contribution < 1.29 is 4.74 Å². The van der Waals surface area contributed by atoms with Crippen LogP contribution in [0.2, 0.25) is 0 Å². The number of ether oxygens (including phenoxy) is 1. The molecule has 0 saturated heterocycles. The normalized spacial score (nSPS) is 14.2. The Bertz CT molecular complexity index is 559. The second-order valence-electron chi connectivity index (χ2n) is 5.19. The van der Waals surface area contributed by atoms with Crippen LogP contribution in [0.3, 0.4) is 0 Å².